The van der Waals surface area contributed by atoms with Gasteiger partial charge in [-0.1, -0.05) is 29.3 Å². The highest BCUT2D eigenvalue weighted by Gasteiger charge is 2.33. The van der Waals surface area contributed by atoms with Gasteiger partial charge in [-0.25, -0.2) is 0 Å². The molecule has 0 saturated carbocycles. The Kier molecular flexibility index (Phi) is 4.87. The summed E-state index contributed by atoms with van der Waals surface area (Å²) in [4.78, 5) is 0.124. The van der Waals surface area contributed by atoms with Crippen LogP contribution in [0.2, 0.25) is 0 Å². The summed E-state index contributed by atoms with van der Waals surface area (Å²) in [5.74, 6) is -1.20. The van der Waals surface area contributed by atoms with Crippen molar-refractivity contribution in [1.29, 1.82) is 0 Å². The van der Waals surface area contributed by atoms with Crippen LogP contribution in [0.3, 0.4) is 0 Å². The van der Waals surface area contributed by atoms with Gasteiger partial charge in [-0.2, -0.15) is 12.8 Å². The Morgan fingerprint density at radius 3 is 2.23 bits per heavy atom. The third-order valence-corrected chi connectivity index (χ3v) is 4.92. The van der Waals surface area contributed by atoms with Crippen LogP contribution >= 0.6 is 11.6 Å². The maximum Gasteiger partial charge on any atom is 0.282 e. The Balaban J connectivity index is 2.37. The van der Waals surface area contributed by atoms with Crippen LogP contribution in [0.15, 0.2) is 56.8 Å². The minimum Gasteiger partial charge on any atom is -0.345 e. The second-order valence-electron chi connectivity index (χ2n) is 4.71. The summed E-state index contributed by atoms with van der Waals surface area (Å²) in [6.07, 6.45) is 4.41. The molecule has 5 nitrogen and oxygen atoms in total. The predicted molar refractivity (Wildman–Crippen MR) is 85.6 cm³/mol. The number of halogens is 1. The number of ether oxygens (including phenoxy) is 2. The number of nitrogens with zero attached hydrogens (tertiary/aromatic N) is 1. The topological polar surface area (TPSA) is 65.0 Å². The molecule has 0 atom stereocenters. The smallest absolute Gasteiger partial charge is 0.282 e. The summed E-state index contributed by atoms with van der Waals surface area (Å²) in [6, 6.07) is 6.46. The van der Waals surface area contributed by atoms with Gasteiger partial charge in [0.2, 0.25) is 5.79 Å². The van der Waals surface area contributed by atoms with E-state index in [1.807, 2.05) is 6.92 Å². The van der Waals surface area contributed by atoms with Crippen molar-refractivity contribution < 1.29 is 17.9 Å². The molecule has 0 aliphatic heterocycles. The SMILES string of the molecule is COC1(OC)C=C/C(=N/S(=O)(=O)c2ccc(C)cc2)C=C1Cl. The molecule has 1 aromatic carbocycles. The first kappa shape index (κ1) is 16.9. The van der Waals surface area contributed by atoms with Crippen LogP contribution in [0, 0.1) is 6.92 Å². The van der Waals surface area contributed by atoms with Gasteiger partial charge in [0.15, 0.2) is 0 Å². The minimum atomic E-state index is -3.80. The fraction of sp³-hybridized carbons (Fsp3) is 0.267. The minimum absolute atomic E-state index is 0.124. The molecule has 0 aromatic heterocycles. The molecule has 1 aliphatic carbocycles. The van der Waals surface area contributed by atoms with Crippen molar-refractivity contribution in [3.63, 3.8) is 0 Å². The molecule has 0 saturated heterocycles. The van der Waals surface area contributed by atoms with Crippen LogP contribution in [0.1, 0.15) is 5.56 Å². The van der Waals surface area contributed by atoms with Crippen LogP contribution in [-0.4, -0.2) is 34.1 Å². The maximum atomic E-state index is 12.3. The first-order valence-corrected chi connectivity index (χ1v) is 8.23. The first-order chi connectivity index (χ1) is 10.3. The summed E-state index contributed by atoms with van der Waals surface area (Å²) >= 11 is 6.11. The van der Waals surface area contributed by atoms with Gasteiger partial charge in [0.05, 0.1) is 15.6 Å². The monoisotopic (exact) mass is 341 g/mol. The van der Waals surface area contributed by atoms with Crippen molar-refractivity contribution in [2.75, 3.05) is 14.2 Å². The van der Waals surface area contributed by atoms with Crippen molar-refractivity contribution in [1.82, 2.24) is 0 Å². The summed E-state index contributed by atoms with van der Waals surface area (Å²) in [5.41, 5.74) is 1.17. The van der Waals surface area contributed by atoms with E-state index < -0.39 is 15.8 Å². The molecule has 0 radical (unpaired) electrons. The Bertz CT molecular complexity index is 744. The summed E-state index contributed by atoms with van der Waals surface area (Å²) in [7, 11) is -0.920. The van der Waals surface area contributed by atoms with Gasteiger partial charge in [-0.05, 0) is 37.3 Å². The third kappa shape index (κ3) is 3.30. The van der Waals surface area contributed by atoms with Crippen molar-refractivity contribution in [3.8, 4) is 0 Å². The molecule has 0 heterocycles. The zero-order valence-corrected chi connectivity index (χ0v) is 14.0. The molecule has 1 aliphatic rings. The molecule has 7 heteroatoms. The van der Waals surface area contributed by atoms with Crippen LogP contribution in [0.5, 0.6) is 0 Å². The number of hydrogen-bond acceptors (Lipinski definition) is 4. The van der Waals surface area contributed by atoms with Crippen LogP contribution < -0.4 is 0 Å². The maximum absolute atomic E-state index is 12.3. The lowest BCUT2D eigenvalue weighted by molar-refractivity contribution is -0.136. The molecular weight excluding hydrogens is 326 g/mol. The standard InChI is InChI=1S/C15H16ClNO4S/c1-11-4-6-13(7-5-11)22(18,19)17-12-8-9-15(20-2,21-3)14(16)10-12/h4-10H,1-3H3/b17-12-. The third-order valence-electron chi connectivity index (χ3n) is 3.23. The second-order valence-corrected chi connectivity index (χ2v) is 6.72. The number of aryl methyl sites for hydroxylation is 1. The normalized spacial score (nSPS) is 19.3. The fourth-order valence-electron chi connectivity index (χ4n) is 1.93. The average molecular weight is 342 g/mol. The summed E-state index contributed by atoms with van der Waals surface area (Å²) in [6.45, 7) is 1.88. The number of sulfonamides is 1. The van der Waals surface area contributed by atoms with Gasteiger partial charge in [0, 0.05) is 14.2 Å². The van der Waals surface area contributed by atoms with E-state index in [0.717, 1.165) is 5.56 Å². The highest BCUT2D eigenvalue weighted by Crippen LogP contribution is 2.30. The average Bonchev–Trinajstić information content (AvgIpc) is 2.48. The van der Waals surface area contributed by atoms with E-state index in [1.54, 1.807) is 12.1 Å². The fourth-order valence-corrected chi connectivity index (χ4v) is 3.23. The molecule has 0 fully saturated rings. The molecular formula is C15H16ClNO4S. The summed E-state index contributed by atoms with van der Waals surface area (Å²) in [5, 5.41) is 0.192. The molecule has 0 spiro atoms. The first-order valence-electron chi connectivity index (χ1n) is 6.42. The van der Waals surface area contributed by atoms with E-state index in [4.69, 9.17) is 21.1 Å². The van der Waals surface area contributed by atoms with Crippen molar-refractivity contribution >= 4 is 27.3 Å². The van der Waals surface area contributed by atoms with E-state index in [2.05, 4.69) is 4.40 Å². The Hall–Kier alpha value is -1.47. The number of rotatable bonds is 4. The van der Waals surface area contributed by atoms with Crippen molar-refractivity contribution in [2.45, 2.75) is 17.6 Å². The number of allylic oxidation sites excluding steroid dienone is 2. The van der Waals surface area contributed by atoms with Crippen LogP contribution in [0.25, 0.3) is 0 Å². The molecule has 0 bridgehead atoms. The molecule has 2 rings (SSSR count). The van der Waals surface area contributed by atoms with Gasteiger partial charge < -0.3 is 9.47 Å². The largest absolute Gasteiger partial charge is 0.345 e. The quantitative estimate of drug-likeness (QED) is 0.790. The summed E-state index contributed by atoms with van der Waals surface area (Å²) < 4.78 is 38.7. The van der Waals surface area contributed by atoms with Gasteiger partial charge in [0.25, 0.3) is 10.0 Å². The molecule has 118 valence electrons. The number of methoxy groups -OCH3 is 2. The zero-order chi connectivity index (χ0) is 16.4. The van der Waals surface area contributed by atoms with E-state index >= 15 is 0 Å². The van der Waals surface area contributed by atoms with Crippen LogP contribution in [-0.2, 0) is 19.5 Å². The van der Waals surface area contributed by atoms with Crippen LogP contribution in [0.4, 0.5) is 0 Å². The lowest BCUT2D eigenvalue weighted by atomic mass is 10.1. The van der Waals surface area contributed by atoms with E-state index in [1.165, 1.54) is 44.6 Å². The highest BCUT2D eigenvalue weighted by atomic mass is 35.5. The Labute approximate surface area is 135 Å². The lowest BCUT2D eigenvalue weighted by Gasteiger charge is -2.29. The molecule has 0 unspecified atom stereocenters. The molecule has 22 heavy (non-hydrogen) atoms. The van der Waals surface area contributed by atoms with Gasteiger partial charge in [0.1, 0.15) is 0 Å². The Morgan fingerprint density at radius 2 is 1.73 bits per heavy atom. The van der Waals surface area contributed by atoms with Gasteiger partial charge >= 0.3 is 0 Å². The molecule has 1 aromatic rings. The van der Waals surface area contributed by atoms with Gasteiger partial charge in [-0.3, -0.25) is 0 Å². The van der Waals surface area contributed by atoms with Gasteiger partial charge in [-0.15, -0.1) is 0 Å². The predicted octanol–water partition coefficient (Wildman–Crippen LogP) is 2.81. The van der Waals surface area contributed by atoms with E-state index in [0.29, 0.717) is 0 Å². The molecule has 0 N–H and O–H groups in total. The van der Waals surface area contributed by atoms with E-state index in [-0.39, 0.29) is 15.6 Å². The van der Waals surface area contributed by atoms with E-state index in [9.17, 15) is 8.42 Å². The van der Waals surface area contributed by atoms with Crippen molar-refractivity contribution in [3.05, 3.63) is 53.1 Å². The number of hydrogen-bond donors (Lipinski definition) is 0. The second kappa shape index (κ2) is 6.34. The zero-order valence-electron chi connectivity index (χ0n) is 12.4. The Morgan fingerprint density at radius 1 is 1.14 bits per heavy atom. The highest BCUT2D eigenvalue weighted by molar-refractivity contribution is 7.90. The number of benzene rings is 1. The molecule has 0 amide bonds. The lowest BCUT2D eigenvalue weighted by Crippen LogP contribution is -2.34. The van der Waals surface area contributed by atoms with Crippen molar-refractivity contribution in [2.24, 2.45) is 4.40 Å².